The Labute approximate surface area is 336 Å². The van der Waals surface area contributed by atoms with Gasteiger partial charge >= 0.3 is 15.2 Å². The van der Waals surface area contributed by atoms with Crippen LogP contribution in [0.5, 0.6) is 34.5 Å². The summed E-state index contributed by atoms with van der Waals surface area (Å²) < 4.78 is 50.2. The van der Waals surface area contributed by atoms with Crippen LogP contribution in [0.1, 0.15) is 74.9 Å². The molecular weight excluding hydrogens is 754 g/mol. The fraction of sp³-hybridized carbons (Fsp3) is 0.234. The third-order valence-electron chi connectivity index (χ3n) is 10.6. The first-order valence-electron chi connectivity index (χ1n) is 18.7. The fourth-order valence-corrected chi connectivity index (χ4v) is 8.88. The highest BCUT2D eigenvalue weighted by Crippen LogP contribution is 2.48. The van der Waals surface area contributed by atoms with Crippen molar-refractivity contribution < 1.29 is 37.4 Å². The van der Waals surface area contributed by atoms with E-state index in [2.05, 4.69) is 41.5 Å². The Morgan fingerprint density at radius 2 is 0.491 bits per heavy atom. The van der Waals surface area contributed by atoms with Gasteiger partial charge in [-0.15, -0.1) is 0 Å². The molecule has 2 unspecified atom stereocenters. The molecule has 0 bridgehead atoms. The summed E-state index contributed by atoms with van der Waals surface area (Å²) in [6, 6.07) is 44.1. The molecule has 0 amide bonds. The lowest BCUT2D eigenvalue weighted by atomic mass is 9.78. The molecule has 57 heavy (non-hydrogen) atoms. The van der Waals surface area contributed by atoms with Crippen molar-refractivity contribution >= 4 is 15.2 Å². The van der Waals surface area contributed by atoms with E-state index in [1.165, 1.54) is 13.3 Å². The lowest BCUT2D eigenvalue weighted by Gasteiger charge is -2.27. The molecular formula is C47H50O8P2. The van der Waals surface area contributed by atoms with E-state index in [0.29, 0.717) is 23.0 Å². The molecule has 0 aromatic heterocycles. The zero-order chi connectivity index (χ0) is 41.2. The molecule has 0 heterocycles. The van der Waals surface area contributed by atoms with Crippen molar-refractivity contribution in [1.82, 2.24) is 0 Å². The van der Waals surface area contributed by atoms with Crippen molar-refractivity contribution in [2.45, 2.75) is 57.8 Å². The maximum absolute atomic E-state index is 13.4. The summed E-state index contributed by atoms with van der Waals surface area (Å²) in [5.41, 5.74) is 5.14. The fourth-order valence-electron chi connectivity index (χ4n) is 6.79. The highest BCUT2D eigenvalue weighted by molar-refractivity contribution is 7.54. The largest absolute Gasteiger partial charge is 0.508 e. The predicted octanol–water partition coefficient (Wildman–Crippen LogP) is 12.6. The Bertz CT molecular complexity index is 2210. The SMILES string of the molecule is CC(C)(c1ccc(O)cc1)c1ccc(OP(C)(=O)Oc2ccc(C(C)(C)c3ccc(OP(C)(=O)Oc4ccc(C(C)(C)c5ccc(O)cc5)cc4)cc3)cc2)cc1. The van der Waals surface area contributed by atoms with Crippen LogP contribution in [0, 0.1) is 0 Å². The monoisotopic (exact) mass is 804 g/mol. The van der Waals surface area contributed by atoms with E-state index >= 15 is 0 Å². The highest BCUT2D eigenvalue weighted by Gasteiger charge is 2.28. The molecule has 8 nitrogen and oxygen atoms in total. The van der Waals surface area contributed by atoms with Crippen LogP contribution in [0.4, 0.5) is 0 Å². The molecule has 0 saturated heterocycles. The summed E-state index contributed by atoms with van der Waals surface area (Å²) in [4.78, 5) is 0. The van der Waals surface area contributed by atoms with Gasteiger partial charge in [0, 0.05) is 16.2 Å². The van der Waals surface area contributed by atoms with Gasteiger partial charge in [0.05, 0.1) is 13.3 Å². The molecule has 0 spiro atoms. The molecule has 296 valence electrons. The van der Waals surface area contributed by atoms with Gasteiger partial charge in [0.2, 0.25) is 0 Å². The van der Waals surface area contributed by atoms with Gasteiger partial charge in [0.1, 0.15) is 34.5 Å². The van der Waals surface area contributed by atoms with E-state index in [0.717, 1.165) is 33.4 Å². The average molecular weight is 805 g/mol. The minimum atomic E-state index is -3.52. The Morgan fingerprint density at radius 3 is 0.667 bits per heavy atom. The second-order valence-corrected chi connectivity index (χ2v) is 19.8. The number of aromatic hydroxyl groups is 2. The summed E-state index contributed by atoms with van der Waals surface area (Å²) in [6.07, 6.45) is 0. The van der Waals surface area contributed by atoms with Crippen LogP contribution < -0.4 is 18.1 Å². The second-order valence-electron chi connectivity index (χ2n) is 16.0. The first-order chi connectivity index (χ1) is 26.7. The van der Waals surface area contributed by atoms with E-state index in [4.69, 9.17) is 18.1 Å². The Balaban J connectivity index is 1.04. The minimum absolute atomic E-state index is 0.221. The number of phenolic OH excluding ortho intramolecular Hbond substituents is 2. The number of benzene rings is 6. The van der Waals surface area contributed by atoms with Crippen molar-refractivity contribution in [3.8, 4) is 34.5 Å². The predicted molar refractivity (Wildman–Crippen MR) is 228 cm³/mol. The smallest absolute Gasteiger partial charge is 0.427 e. The third-order valence-corrected chi connectivity index (χ3v) is 12.7. The van der Waals surface area contributed by atoms with Crippen LogP contribution in [-0.2, 0) is 25.4 Å². The van der Waals surface area contributed by atoms with Gasteiger partial charge < -0.3 is 28.3 Å². The third kappa shape index (κ3) is 9.76. The van der Waals surface area contributed by atoms with Gasteiger partial charge in [-0.25, -0.2) is 9.13 Å². The lowest BCUT2D eigenvalue weighted by molar-refractivity contribution is 0.392. The number of rotatable bonds is 14. The standard InChI is InChI=1S/C47H50O8P2/c1-45(2,33-9-21-39(48)22-10-33)35-13-25-41(26-14-35)52-56(7,50)54-43-29-17-37(18-30-43)47(5,6)38-19-31-44(32-20-38)55-57(8,51)53-42-27-15-36(16-28-42)46(3,4)34-11-23-40(49)24-12-34/h9-32,48-49H,1-8H3. The van der Waals surface area contributed by atoms with Crippen molar-refractivity contribution in [1.29, 1.82) is 0 Å². The van der Waals surface area contributed by atoms with Crippen molar-refractivity contribution in [2.24, 2.45) is 0 Å². The molecule has 6 aromatic rings. The molecule has 10 heteroatoms. The number of phenols is 2. The molecule has 0 aliphatic heterocycles. The Hall–Kier alpha value is -5.42. The van der Waals surface area contributed by atoms with E-state index in [-0.39, 0.29) is 22.3 Å². The van der Waals surface area contributed by atoms with E-state index in [1.807, 2.05) is 72.8 Å². The molecule has 6 rings (SSSR count). The minimum Gasteiger partial charge on any atom is -0.508 e. The van der Waals surface area contributed by atoms with Crippen LogP contribution in [0.25, 0.3) is 0 Å². The summed E-state index contributed by atoms with van der Waals surface area (Å²) >= 11 is 0. The average Bonchev–Trinajstić information content (AvgIpc) is 3.15. The summed E-state index contributed by atoms with van der Waals surface area (Å²) in [5.74, 6) is 2.15. The topological polar surface area (TPSA) is 112 Å². The first kappa shape index (κ1) is 41.2. The van der Waals surface area contributed by atoms with Crippen LogP contribution in [0.3, 0.4) is 0 Å². The second kappa shape index (κ2) is 15.8. The van der Waals surface area contributed by atoms with Gasteiger partial charge in [-0.2, -0.15) is 0 Å². The van der Waals surface area contributed by atoms with Gasteiger partial charge in [0.15, 0.2) is 0 Å². The van der Waals surface area contributed by atoms with Gasteiger partial charge in [-0.1, -0.05) is 114 Å². The van der Waals surface area contributed by atoms with Crippen LogP contribution >= 0.6 is 15.2 Å². The van der Waals surface area contributed by atoms with Crippen molar-refractivity contribution in [3.05, 3.63) is 179 Å². The van der Waals surface area contributed by atoms with Crippen molar-refractivity contribution in [3.63, 3.8) is 0 Å². The van der Waals surface area contributed by atoms with Crippen LogP contribution in [0.2, 0.25) is 0 Å². The Kier molecular flexibility index (Phi) is 11.5. The summed E-state index contributed by atoms with van der Waals surface area (Å²) in [7, 11) is -7.04. The molecule has 0 aliphatic carbocycles. The zero-order valence-corrected chi connectivity index (χ0v) is 35.4. The molecule has 0 aliphatic rings. The summed E-state index contributed by atoms with van der Waals surface area (Å²) in [5, 5.41) is 19.4. The van der Waals surface area contributed by atoms with E-state index < -0.39 is 20.6 Å². The maximum atomic E-state index is 13.4. The molecule has 0 radical (unpaired) electrons. The quantitative estimate of drug-likeness (QED) is 0.105. The van der Waals surface area contributed by atoms with E-state index in [1.54, 1.807) is 72.8 Å². The highest BCUT2D eigenvalue weighted by atomic mass is 31.2. The van der Waals surface area contributed by atoms with Gasteiger partial charge in [-0.3, -0.25) is 0 Å². The Morgan fingerprint density at radius 1 is 0.333 bits per heavy atom. The molecule has 0 saturated carbocycles. The van der Waals surface area contributed by atoms with Crippen molar-refractivity contribution in [2.75, 3.05) is 13.3 Å². The zero-order valence-electron chi connectivity index (χ0n) is 33.6. The van der Waals surface area contributed by atoms with Gasteiger partial charge in [-0.05, 0) is 106 Å². The molecule has 2 atom stereocenters. The molecule has 6 aromatic carbocycles. The lowest BCUT2D eigenvalue weighted by Crippen LogP contribution is -2.18. The maximum Gasteiger partial charge on any atom is 0.427 e. The number of hydrogen-bond donors (Lipinski definition) is 2. The normalized spacial score (nSPS) is 14.2. The van der Waals surface area contributed by atoms with Gasteiger partial charge in [0.25, 0.3) is 0 Å². The van der Waals surface area contributed by atoms with Crippen LogP contribution in [-0.4, -0.2) is 23.5 Å². The molecule has 2 N–H and O–H groups in total. The molecule has 0 fully saturated rings. The summed E-state index contributed by atoms with van der Waals surface area (Å²) in [6.45, 7) is 15.5. The number of hydrogen-bond acceptors (Lipinski definition) is 8. The van der Waals surface area contributed by atoms with E-state index in [9.17, 15) is 19.3 Å². The first-order valence-corrected chi connectivity index (χ1v) is 22.7. The van der Waals surface area contributed by atoms with Crippen LogP contribution in [0.15, 0.2) is 146 Å².